The van der Waals surface area contributed by atoms with Crippen LogP contribution in [0.4, 0.5) is 10.2 Å². The summed E-state index contributed by atoms with van der Waals surface area (Å²) in [6.07, 6.45) is 5.01. The zero-order chi connectivity index (χ0) is 20.1. The van der Waals surface area contributed by atoms with Gasteiger partial charge >= 0.3 is 0 Å². The van der Waals surface area contributed by atoms with Gasteiger partial charge in [0.15, 0.2) is 0 Å². The maximum atomic E-state index is 13.5. The predicted octanol–water partition coefficient (Wildman–Crippen LogP) is 6.00. The first-order valence-electron chi connectivity index (χ1n) is 9.10. The molecule has 0 bridgehead atoms. The molecular formula is C22H22FN3OS. The Morgan fingerprint density at radius 2 is 1.79 bits per heavy atom. The standard InChI is InChI=1S/C22H22FN3OS/c1-13(2)21-20(14-5-7-16(23)8-6-14)17-11-15-9-10-24-19(15)12-18(17)22(25-21)26-28(3,4)27/h5-13,25H,1-4H3. The number of rotatable bonds is 3. The van der Waals surface area contributed by atoms with Crippen LogP contribution in [-0.2, 0) is 9.73 Å². The van der Waals surface area contributed by atoms with Crippen LogP contribution in [0.3, 0.4) is 0 Å². The van der Waals surface area contributed by atoms with Crippen molar-refractivity contribution in [2.24, 2.45) is 4.36 Å². The number of nitrogens with one attached hydrogen (secondary N) is 1. The van der Waals surface area contributed by atoms with Crippen molar-refractivity contribution in [1.82, 2.24) is 9.97 Å². The van der Waals surface area contributed by atoms with E-state index in [1.807, 2.05) is 12.1 Å². The number of halogens is 1. The summed E-state index contributed by atoms with van der Waals surface area (Å²) in [6.45, 7) is 4.18. The average Bonchev–Trinajstić information content (AvgIpc) is 3.07. The summed E-state index contributed by atoms with van der Waals surface area (Å²) in [7, 11) is -2.36. The van der Waals surface area contributed by atoms with Crippen LogP contribution < -0.4 is 0 Å². The molecular weight excluding hydrogens is 373 g/mol. The molecule has 0 atom stereocenters. The summed E-state index contributed by atoms with van der Waals surface area (Å²) in [5.74, 6) is 0.482. The van der Waals surface area contributed by atoms with Crippen molar-refractivity contribution in [3.8, 4) is 11.1 Å². The Morgan fingerprint density at radius 3 is 2.43 bits per heavy atom. The van der Waals surface area contributed by atoms with E-state index in [4.69, 9.17) is 0 Å². The van der Waals surface area contributed by atoms with Crippen LogP contribution in [0.25, 0.3) is 32.8 Å². The fraction of sp³-hybridized carbons (Fsp3) is 0.227. The number of nitrogens with zero attached hydrogens (tertiary/aromatic N) is 2. The van der Waals surface area contributed by atoms with Gasteiger partial charge in [-0.05, 0) is 47.2 Å². The van der Waals surface area contributed by atoms with Gasteiger partial charge in [-0.2, -0.15) is 4.36 Å². The van der Waals surface area contributed by atoms with Gasteiger partial charge in [-0.3, -0.25) is 4.98 Å². The molecule has 4 nitrogen and oxygen atoms in total. The fourth-order valence-electron chi connectivity index (χ4n) is 3.51. The monoisotopic (exact) mass is 395 g/mol. The van der Waals surface area contributed by atoms with Crippen molar-refractivity contribution >= 4 is 37.2 Å². The molecule has 2 heterocycles. The molecule has 0 saturated heterocycles. The Kier molecular flexibility index (Phi) is 4.46. The third kappa shape index (κ3) is 3.40. The summed E-state index contributed by atoms with van der Waals surface area (Å²) in [5, 5.41) is 2.86. The van der Waals surface area contributed by atoms with E-state index in [-0.39, 0.29) is 11.7 Å². The molecule has 0 fully saturated rings. The zero-order valence-electron chi connectivity index (χ0n) is 16.3. The number of H-pyrrole nitrogens is 1. The van der Waals surface area contributed by atoms with Gasteiger partial charge in [0.05, 0.1) is 5.52 Å². The molecule has 0 saturated carbocycles. The van der Waals surface area contributed by atoms with Crippen molar-refractivity contribution in [3.63, 3.8) is 0 Å². The van der Waals surface area contributed by atoms with Crippen LogP contribution in [0.5, 0.6) is 0 Å². The van der Waals surface area contributed by atoms with Gasteiger partial charge in [-0.1, -0.05) is 26.0 Å². The first-order valence-corrected chi connectivity index (χ1v) is 11.4. The van der Waals surface area contributed by atoms with E-state index < -0.39 is 9.73 Å². The minimum atomic E-state index is -2.36. The van der Waals surface area contributed by atoms with E-state index in [0.717, 1.165) is 38.5 Å². The molecule has 4 rings (SSSR count). The molecule has 0 spiro atoms. The Morgan fingerprint density at radius 1 is 1.07 bits per heavy atom. The summed E-state index contributed by atoms with van der Waals surface area (Å²) in [4.78, 5) is 7.82. The molecule has 28 heavy (non-hydrogen) atoms. The highest BCUT2D eigenvalue weighted by Crippen LogP contribution is 2.40. The molecule has 2 aromatic heterocycles. The second kappa shape index (κ2) is 6.71. The van der Waals surface area contributed by atoms with E-state index >= 15 is 0 Å². The highest BCUT2D eigenvalue weighted by Gasteiger charge is 2.18. The van der Waals surface area contributed by atoms with E-state index in [9.17, 15) is 8.60 Å². The number of fused-ring (bicyclic) bond motifs is 2. The van der Waals surface area contributed by atoms with Crippen molar-refractivity contribution in [3.05, 3.63) is 60.2 Å². The molecule has 0 aliphatic carbocycles. The van der Waals surface area contributed by atoms with Crippen LogP contribution in [0.2, 0.25) is 0 Å². The molecule has 0 amide bonds. The summed E-state index contributed by atoms with van der Waals surface area (Å²) in [6, 6.07) is 12.5. The molecule has 0 radical (unpaired) electrons. The van der Waals surface area contributed by atoms with Crippen molar-refractivity contribution in [1.29, 1.82) is 0 Å². The normalized spacial score (nSPS) is 12.2. The number of aromatic amines is 1. The van der Waals surface area contributed by atoms with E-state index in [1.165, 1.54) is 12.1 Å². The average molecular weight is 396 g/mol. The van der Waals surface area contributed by atoms with Gasteiger partial charge in [-0.15, -0.1) is 0 Å². The highest BCUT2D eigenvalue weighted by atomic mass is 32.2. The number of benzene rings is 2. The number of aromatic nitrogens is 2. The van der Waals surface area contributed by atoms with Crippen LogP contribution in [0.1, 0.15) is 25.5 Å². The zero-order valence-corrected chi connectivity index (χ0v) is 17.1. The van der Waals surface area contributed by atoms with E-state index in [0.29, 0.717) is 5.82 Å². The van der Waals surface area contributed by atoms with Crippen molar-refractivity contribution < 1.29 is 8.60 Å². The summed E-state index contributed by atoms with van der Waals surface area (Å²) < 4.78 is 30.5. The first-order chi connectivity index (χ1) is 13.2. The van der Waals surface area contributed by atoms with Crippen LogP contribution >= 0.6 is 0 Å². The maximum absolute atomic E-state index is 13.5. The van der Waals surface area contributed by atoms with E-state index in [2.05, 4.69) is 34.2 Å². The number of hydrogen-bond acceptors (Lipinski definition) is 3. The summed E-state index contributed by atoms with van der Waals surface area (Å²) >= 11 is 0. The molecule has 4 aromatic rings. The Labute approximate surface area is 164 Å². The SMILES string of the molecule is CC(C)c1[nH]c(N=S(C)(C)=O)c2cc3nccc3cc2c1-c1ccc(F)cc1. The largest absolute Gasteiger partial charge is 0.342 e. The van der Waals surface area contributed by atoms with Crippen molar-refractivity contribution in [2.45, 2.75) is 19.8 Å². The van der Waals surface area contributed by atoms with E-state index in [1.54, 1.807) is 30.8 Å². The van der Waals surface area contributed by atoms with Gasteiger partial charge < -0.3 is 4.98 Å². The van der Waals surface area contributed by atoms with Crippen LogP contribution in [0, 0.1) is 5.82 Å². The van der Waals surface area contributed by atoms with Gasteiger partial charge in [0.25, 0.3) is 0 Å². The molecule has 144 valence electrons. The van der Waals surface area contributed by atoms with Gasteiger partial charge in [0, 0.05) is 50.5 Å². The Balaban J connectivity index is 2.20. The minimum Gasteiger partial charge on any atom is -0.342 e. The molecule has 0 aliphatic rings. The first kappa shape index (κ1) is 18.6. The predicted molar refractivity (Wildman–Crippen MR) is 115 cm³/mol. The minimum absolute atomic E-state index is 0.164. The lowest BCUT2D eigenvalue weighted by Gasteiger charge is -2.19. The van der Waals surface area contributed by atoms with Crippen LogP contribution in [-0.4, -0.2) is 26.7 Å². The lowest BCUT2D eigenvalue weighted by molar-refractivity contribution is 0.628. The number of hydrogen-bond donors (Lipinski definition) is 1. The molecule has 0 unspecified atom stereocenters. The second-order valence-corrected chi connectivity index (χ2v) is 10.1. The molecule has 6 heteroatoms. The Hall–Kier alpha value is -2.73. The lowest BCUT2D eigenvalue weighted by Crippen LogP contribution is -2.00. The third-order valence-electron chi connectivity index (χ3n) is 4.70. The number of pyridine rings is 1. The van der Waals surface area contributed by atoms with Crippen LogP contribution in [0.15, 0.2) is 53.0 Å². The van der Waals surface area contributed by atoms with Gasteiger partial charge in [-0.25, -0.2) is 8.60 Å². The Bertz CT molecular complexity index is 1310. The van der Waals surface area contributed by atoms with Gasteiger partial charge in [0.1, 0.15) is 11.6 Å². The quantitative estimate of drug-likeness (QED) is 0.462. The lowest BCUT2D eigenvalue weighted by atomic mass is 9.92. The fourth-order valence-corrected chi connectivity index (χ4v) is 4.09. The van der Waals surface area contributed by atoms with Gasteiger partial charge in [0.2, 0.25) is 0 Å². The molecule has 2 aromatic carbocycles. The summed E-state index contributed by atoms with van der Waals surface area (Å²) in [5.41, 5.74) is 3.76. The topological polar surface area (TPSA) is 58.1 Å². The molecule has 0 aliphatic heterocycles. The third-order valence-corrected chi connectivity index (χ3v) is 5.33. The maximum Gasteiger partial charge on any atom is 0.147 e. The highest BCUT2D eigenvalue weighted by molar-refractivity contribution is 7.92. The van der Waals surface area contributed by atoms with Crippen molar-refractivity contribution in [2.75, 3.05) is 12.5 Å². The molecule has 1 N–H and O–H groups in total. The smallest absolute Gasteiger partial charge is 0.147 e. The second-order valence-electron chi connectivity index (χ2n) is 7.60.